The SMILES string of the molecule is Cc1cc(C(=O)Nc2ccc(O)cc2Cl)ccn1. The molecule has 0 aliphatic heterocycles. The Kier molecular flexibility index (Phi) is 3.48. The Morgan fingerprint density at radius 3 is 2.78 bits per heavy atom. The number of hydrogen-bond acceptors (Lipinski definition) is 3. The second kappa shape index (κ2) is 5.06. The number of rotatable bonds is 2. The number of aryl methyl sites for hydroxylation is 1. The van der Waals surface area contributed by atoms with E-state index < -0.39 is 0 Å². The van der Waals surface area contributed by atoms with Gasteiger partial charge in [0.15, 0.2) is 0 Å². The van der Waals surface area contributed by atoms with E-state index in [-0.39, 0.29) is 16.7 Å². The van der Waals surface area contributed by atoms with E-state index in [4.69, 9.17) is 11.6 Å². The summed E-state index contributed by atoms with van der Waals surface area (Å²) in [6.07, 6.45) is 1.57. The first-order chi connectivity index (χ1) is 8.56. The minimum Gasteiger partial charge on any atom is -0.508 e. The van der Waals surface area contributed by atoms with E-state index in [1.54, 1.807) is 24.4 Å². The van der Waals surface area contributed by atoms with Crippen LogP contribution >= 0.6 is 11.6 Å². The number of carbonyl (C=O) groups is 1. The zero-order valence-corrected chi connectivity index (χ0v) is 10.4. The number of amides is 1. The molecule has 0 bridgehead atoms. The summed E-state index contributed by atoms with van der Waals surface area (Å²) >= 11 is 5.91. The van der Waals surface area contributed by atoms with Crippen LogP contribution in [-0.2, 0) is 0 Å². The van der Waals surface area contributed by atoms with Crippen molar-refractivity contribution in [2.45, 2.75) is 6.92 Å². The van der Waals surface area contributed by atoms with Crippen molar-refractivity contribution in [1.82, 2.24) is 4.98 Å². The van der Waals surface area contributed by atoms with Crippen LogP contribution in [0.2, 0.25) is 5.02 Å². The van der Waals surface area contributed by atoms with Crippen LogP contribution in [-0.4, -0.2) is 16.0 Å². The molecule has 2 aromatic rings. The Labute approximate surface area is 109 Å². The molecule has 0 fully saturated rings. The number of halogens is 1. The molecule has 1 heterocycles. The van der Waals surface area contributed by atoms with Gasteiger partial charge in [0.25, 0.3) is 5.91 Å². The zero-order valence-electron chi connectivity index (χ0n) is 9.64. The van der Waals surface area contributed by atoms with E-state index in [1.807, 2.05) is 6.92 Å². The highest BCUT2D eigenvalue weighted by molar-refractivity contribution is 6.34. The summed E-state index contributed by atoms with van der Waals surface area (Å²) in [4.78, 5) is 16.0. The summed E-state index contributed by atoms with van der Waals surface area (Å²) in [5.41, 5.74) is 1.72. The summed E-state index contributed by atoms with van der Waals surface area (Å²) in [7, 11) is 0. The Bertz CT molecular complexity index is 599. The van der Waals surface area contributed by atoms with Gasteiger partial charge in [0, 0.05) is 23.5 Å². The summed E-state index contributed by atoms with van der Waals surface area (Å²) in [5, 5.41) is 12.2. The van der Waals surface area contributed by atoms with E-state index in [9.17, 15) is 9.90 Å². The van der Waals surface area contributed by atoms with Crippen LogP contribution in [0.15, 0.2) is 36.5 Å². The molecule has 0 spiro atoms. The first kappa shape index (κ1) is 12.4. The Hall–Kier alpha value is -2.07. The highest BCUT2D eigenvalue weighted by atomic mass is 35.5. The molecule has 2 N–H and O–H groups in total. The molecule has 0 aliphatic carbocycles. The Morgan fingerprint density at radius 1 is 1.33 bits per heavy atom. The molecule has 1 amide bonds. The van der Waals surface area contributed by atoms with Crippen molar-refractivity contribution in [3.8, 4) is 5.75 Å². The predicted octanol–water partition coefficient (Wildman–Crippen LogP) is 3.00. The molecule has 92 valence electrons. The number of aromatic nitrogens is 1. The zero-order chi connectivity index (χ0) is 13.1. The molecule has 5 heteroatoms. The first-order valence-electron chi connectivity index (χ1n) is 5.29. The topological polar surface area (TPSA) is 62.2 Å². The Balaban J connectivity index is 2.21. The second-order valence-corrected chi connectivity index (χ2v) is 4.21. The molecule has 1 aromatic carbocycles. The minimum atomic E-state index is -0.270. The van der Waals surface area contributed by atoms with Crippen LogP contribution in [0.5, 0.6) is 5.75 Å². The quantitative estimate of drug-likeness (QED) is 0.818. The summed E-state index contributed by atoms with van der Waals surface area (Å²) in [6.45, 7) is 1.81. The lowest BCUT2D eigenvalue weighted by atomic mass is 10.2. The molecule has 0 aliphatic rings. The van der Waals surface area contributed by atoms with Crippen molar-refractivity contribution in [2.24, 2.45) is 0 Å². The molecule has 4 nitrogen and oxygen atoms in total. The van der Waals surface area contributed by atoms with E-state index in [0.717, 1.165) is 5.69 Å². The van der Waals surface area contributed by atoms with Gasteiger partial charge < -0.3 is 10.4 Å². The highest BCUT2D eigenvalue weighted by Gasteiger charge is 2.09. The molecule has 0 saturated heterocycles. The molecule has 18 heavy (non-hydrogen) atoms. The van der Waals surface area contributed by atoms with E-state index in [1.165, 1.54) is 12.1 Å². The van der Waals surface area contributed by atoms with Crippen LogP contribution < -0.4 is 5.32 Å². The van der Waals surface area contributed by atoms with E-state index in [2.05, 4.69) is 10.3 Å². The standard InChI is InChI=1S/C13H11ClN2O2/c1-8-6-9(4-5-15-8)13(18)16-12-3-2-10(17)7-11(12)14/h2-7,17H,1H3,(H,16,18). The third-order valence-corrected chi connectivity index (χ3v) is 2.67. The van der Waals surface area contributed by atoms with Gasteiger partial charge in [-0.15, -0.1) is 0 Å². The third-order valence-electron chi connectivity index (χ3n) is 2.36. The van der Waals surface area contributed by atoms with Gasteiger partial charge in [-0.2, -0.15) is 0 Å². The molecular formula is C13H11ClN2O2. The maximum atomic E-state index is 11.9. The normalized spacial score (nSPS) is 10.1. The number of benzene rings is 1. The average molecular weight is 263 g/mol. The van der Waals surface area contributed by atoms with Crippen LogP contribution in [0.3, 0.4) is 0 Å². The van der Waals surface area contributed by atoms with Crippen molar-refractivity contribution in [1.29, 1.82) is 0 Å². The van der Waals surface area contributed by atoms with Gasteiger partial charge in [-0.05, 0) is 31.2 Å². The summed E-state index contributed by atoms with van der Waals surface area (Å²) < 4.78 is 0. The average Bonchev–Trinajstić information content (AvgIpc) is 2.32. The number of pyridine rings is 1. The lowest BCUT2D eigenvalue weighted by Gasteiger charge is -2.07. The fraction of sp³-hybridized carbons (Fsp3) is 0.0769. The number of nitrogens with one attached hydrogen (secondary N) is 1. The molecule has 0 saturated carbocycles. The van der Waals surface area contributed by atoms with Gasteiger partial charge in [0.1, 0.15) is 5.75 Å². The number of carbonyl (C=O) groups excluding carboxylic acids is 1. The minimum absolute atomic E-state index is 0.0535. The van der Waals surface area contributed by atoms with Gasteiger partial charge in [0.2, 0.25) is 0 Å². The fourth-order valence-corrected chi connectivity index (χ4v) is 1.71. The molecule has 0 unspecified atom stereocenters. The van der Waals surface area contributed by atoms with E-state index in [0.29, 0.717) is 11.3 Å². The maximum Gasteiger partial charge on any atom is 0.255 e. The van der Waals surface area contributed by atoms with Crippen LogP contribution in [0.1, 0.15) is 16.1 Å². The number of aromatic hydroxyl groups is 1. The largest absolute Gasteiger partial charge is 0.508 e. The van der Waals surface area contributed by atoms with Gasteiger partial charge in [-0.3, -0.25) is 9.78 Å². The molecular weight excluding hydrogens is 252 g/mol. The van der Waals surface area contributed by atoms with Gasteiger partial charge >= 0.3 is 0 Å². The van der Waals surface area contributed by atoms with Crippen molar-refractivity contribution in [3.63, 3.8) is 0 Å². The van der Waals surface area contributed by atoms with Crippen molar-refractivity contribution in [2.75, 3.05) is 5.32 Å². The van der Waals surface area contributed by atoms with Crippen LogP contribution in [0.4, 0.5) is 5.69 Å². The van der Waals surface area contributed by atoms with Crippen LogP contribution in [0, 0.1) is 6.92 Å². The molecule has 1 aromatic heterocycles. The molecule has 2 rings (SSSR count). The Morgan fingerprint density at radius 2 is 2.11 bits per heavy atom. The van der Waals surface area contributed by atoms with Gasteiger partial charge in [-0.25, -0.2) is 0 Å². The third kappa shape index (κ3) is 2.78. The van der Waals surface area contributed by atoms with Crippen molar-refractivity contribution >= 4 is 23.2 Å². The second-order valence-electron chi connectivity index (χ2n) is 3.80. The smallest absolute Gasteiger partial charge is 0.255 e. The van der Waals surface area contributed by atoms with Gasteiger partial charge in [0.05, 0.1) is 10.7 Å². The number of phenolic OH excluding ortho intramolecular Hbond substituents is 1. The lowest BCUT2D eigenvalue weighted by molar-refractivity contribution is 0.102. The monoisotopic (exact) mass is 262 g/mol. The van der Waals surface area contributed by atoms with Crippen molar-refractivity contribution < 1.29 is 9.90 Å². The first-order valence-corrected chi connectivity index (χ1v) is 5.66. The number of hydrogen-bond donors (Lipinski definition) is 2. The summed E-state index contributed by atoms with van der Waals surface area (Å²) in [6, 6.07) is 7.68. The van der Waals surface area contributed by atoms with Gasteiger partial charge in [-0.1, -0.05) is 11.6 Å². The fourth-order valence-electron chi connectivity index (χ4n) is 1.49. The van der Waals surface area contributed by atoms with E-state index >= 15 is 0 Å². The van der Waals surface area contributed by atoms with Crippen LogP contribution in [0.25, 0.3) is 0 Å². The highest BCUT2D eigenvalue weighted by Crippen LogP contribution is 2.26. The van der Waals surface area contributed by atoms with Crippen molar-refractivity contribution in [3.05, 3.63) is 52.8 Å². The molecule has 0 radical (unpaired) electrons. The number of nitrogens with zero attached hydrogens (tertiary/aromatic N) is 1. The number of anilines is 1. The summed E-state index contributed by atoms with van der Waals surface area (Å²) in [5.74, 6) is -0.217. The predicted molar refractivity (Wildman–Crippen MR) is 70.0 cm³/mol. The number of phenols is 1. The maximum absolute atomic E-state index is 11.9. The lowest BCUT2D eigenvalue weighted by Crippen LogP contribution is -2.12. The molecule has 0 atom stereocenters.